The molecule has 1 N–H and O–H groups in total. The molecule has 0 fully saturated rings. The van der Waals surface area contributed by atoms with Gasteiger partial charge in [-0.2, -0.15) is 0 Å². The Kier molecular flexibility index (Phi) is 2.91. The Balaban J connectivity index is 2.92. The Morgan fingerprint density at radius 2 is 2.31 bits per heavy atom. The zero-order chi connectivity index (χ0) is 10.1. The molecule has 74 valence electrons. The van der Waals surface area contributed by atoms with Crippen molar-refractivity contribution >= 4 is 5.78 Å². The summed E-state index contributed by atoms with van der Waals surface area (Å²) >= 11 is 0. The minimum atomic E-state index is -0.534. The highest BCUT2D eigenvalue weighted by Gasteiger charge is 2.40. The molecule has 0 radical (unpaired) electrons. The fourth-order valence-corrected chi connectivity index (χ4v) is 2.01. The minimum Gasteiger partial charge on any atom is -0.392 e. The molecule has 0 saturated heterocycles. The van der Waals surface area contributed by atoms with Gasteiger partial charge in [0.05, 0.1) is 11.5 Å². The monoisotopic (exact) mass is 182 g/mol. The summed E-state index contributed by atoms with van der Waals surface area (Å²) < 4.78 is 0. The molecule has 1 aliphatic carbocycles. The van der Waals surface area contributed by atoms with E-state index in [0.717, 1.165) is 18.4 Å². The van der Waals surface area contributed by atoms with Crippen molar-refractivity contribution in [3.8, 4) is 0 Å². The summed E-state index contributed by atoms with van der Waals surface area (Å²) in [7, 11) is 0. The van der Waals surface area contributed by atoms with Crippen LogP contribution in [-0.2, 0) is 4.79 Å². The zero-order valence-corrected chi connectivity index (χ0v) is 8.63. The van der Waals surface area contributed by atoms with E-state index in [0.29, 0.717) is 6.42 Å². The molecule has 1 rings (SSSR count). The van der Waals surface area contributed by atoms with Crippen molar-refractivity contribution in [1.29, 1.82) is 0 Å². The molecule has 0 aromatic rings. The van der Waals surface area contributed by atoms with Crippen LogP contribution >= 0.6 is 0 Å². The Hall–Kier alpha value is -0.630. The molecule has 0 aromatic carbocycles. The predicted molar refractivity (Wildman–Crippen MR) is 52.4 cm³/mol. The van der Waals surface area contributed by atoms with Gasteiger partial charge in [0.2, 0.25) is 0 Å². The Bertz CT molecular complexity index is 242. The van der Waals surface area contributed by atoms with Crippen molar-refractivity contribution in [2.75, 3.05) is 0 Å². The highest BCUT2D eigenvalue weighted by molar-refractivity contribution is 6.00. The fraction of sp³-hybridized carbons (Fsp3) is 0.727. The van der Waals surface area contributed by atoms with Crippen LogP contribution in [0.4, 0.5) is 0 Å². The third-order valence-corrected chi connectivity index (χ3v) is 3.11. The van der Waals surface area contributed by atoms with E-state index >= 15 is 0 Å². The molecule has 0 unspecified atom stereocenters. The van der Waals surface area contributed by atoms with Crippen LogP contribution in [0.3, 0.4) is 0 Å². The van der Waals surface area contributed by atoms with Crippen LogP contribution in [-0.4, -0.2) is 17.0 Å². The molecule has 0 saturated carbocycles. The molecular weight excluding hydrogens is 164 g/mol. The Morgan fingerprint density at radius 3 is 2.85 bits per heavy atom. The topological polar surface area (TPSA) is 37.3 Å². The summed E-state index contributed by atoms with van der Waals surface area (Å²) in [5.74, 6) is 0.119. The average molecular weight is 182 g/mol. The van der Waals surface area contributed by atoms with Gasteiger partial charge in [-0.3, -0.25) is 4.79 Å². The van der Waals surface area contributed by atoms with E-state index in [4.69, 9.17) is 0 Å². The van der Waals surface area contributed by atoms with Crippen LogP contribution in [0, 0.1) is 5.41 Å². The van der Waals surface area contributed by atoms with Gasteiger partial charge in [0.15, 0.2) is 5.78 Å². The van der Waals surface area contributed by atoms with Crippen LogP contribution in [0.15, 0.2) is 11.6 Å². The zero-order valence-electron chi connectivity index (χ0n) is 8.63. The number of ketones is 1. The molecule has 13 heavy (non-hydrogen) atoms. The molecular formula is C11H18O2. The quantitative estimate of drug-likeness (QED) is 0.710. The summed E-state index contributed by atoms with van der Waals surface area (Å²) in [5, 5.41) is 9.78. The van der Waals surface area contributed by atoms with E-state index in [1.165, 1.54) is 0 Å². The van der Waals surface area contributed by atoms with Gasteiger partial charge in [0.1, 0.15) is 0 Å². The first-order valence-corrected chi connectivity index (χ1v) is 4.92. The first-order chi connectivity index (χ1) is 6.02. The van der Waals surface area contributed by atoms with Gasteiger partial charge in [-0.25, -0.2) is 0 Å². The summed E-state index contributed by atoms with van der Waals surface area (Å²) in [6.45, 7) is 5.62. The Morgan fingerprint density at radius 1 is 1.69 bits per heavy atom. The molecule has 0 heterocycles. The first kappa shape index (κ1) is 10.5. The molecule has 2 nitrogen and oxygen atoms in total. The second-order valence-electron chi connectivity index (χ2n) is 4.10. The molecule has 0 spiro atoms. The van der Waals surface area contributed by atoms with Gasteiger partial charge >= 0.3 is 0 Å². The lowest BCUT2D eigenvalue weighted by atomic mass is 9.70. The number of hydrogen-bond acceptors (Lipinski definition) is 2. The third kappa shape index (κ3) is 1.68. The standard InChI is InChI=1S/C11H18O2/c1-4-9(12)11(3)7-5-6-8(2)10(11)13/h6,9,12H,4-5,7H2,1-3H3/t9-,11+/m0/s1. The number of rotatable bonds is 2. The highest BCUT2D eigenvalue weighted by Crippen LogP contribution is 2.36. The van der Waals surface area contributed by atoms with Gasteiger partial charge in [0, 0.05) is 0 Å². The Labute approximate surface area is 79.6 Å². The number of allylic oxidation sites excluding steroid dienone is 2. The maximum atomic E-state index is 11.8. The second-order valence-corrected chi connectivity index (χ2v) is 4.10. The van der Waals surface area contributed by atoms with Crippen LogP contribution in [0.1, 0.15) is 40.0 Å². The lowest BCUT2D eigenvalue weighted by Gasteiger charge is -2.35. The number of Topliss-reactive ketones (excluding diaryl/α,β-unsaturated/α-hetero) is 1. The van der Waals surface area contributed by atoms with Crippen molar-refractivity contribution < 1.29 is 9.90 Å². The summed E-state index contributed by atoms with van der Waals surface area (Å²) in [5.41, 5.74) is 0.273. The maximum Gasteiger partial charge on any atom is 0.166 e. The van der Waals surface area contributed by atoms with Crippen molar-refractivity contribution in [2.24, 2.45) is 5.41 Å². The van der Waals surface area contributed by atoms with Crippen LogP contribution in [0.25, 0.3) is 0 Å². The molecule has 0 bridgehead atoms. The largest absolute Gasteiger partial charge is 0.392 e. The molecule has 2 atom stereocenters. The van der Waals surface area contributed by atoms with Crippen molar-refractivity contribution in [3.05, 3.63) is 11.6 Å². The van der Waals surface area contributed by atoms with Gasteiger partial charge < -0.3 is 5.11 Å². The lowest BCUT2D eigenvalue weighted by Crippen LogP contribution is -2.41. The number of aliphatic hydroxyl groups excluding tert-OH is 1. The van der Waals surface area contributed by atoms with Crippen molar-refractivity contribution in [1.82, 2.24) is 0 Å². The van der Waals surface area contributed by atoms with Crippen LogP contribution in [0.5, 0.6) is 0 Å². The summed E-state index contributed by atoms with van der Waals surface area (Å²) in [6.07, 6.45) is 3.80. The van der Waals surface area contributed by atoms with Crippen LogP contribution < -0.4 is 0 Å². The number of aliphatic hydroxyl groups is 1. The van der Waals surface area contributed by atoms with Gasteiger partial charge in [-0.1, -0.05) is 13.0 Å². The predicted octanol–water partition coefficient (Wildman–Crippen LogP) is 2.07. The van der Waals surface area contributed by atoms with Gasteiger partial charge in [-0.15, -0.1) is 0 Å². The molecule has 2 heteroatoms. The van der Waals surface area contributed by atoms with E-state index in [-0.39, 0.29) is 5.78 Å². The van der Waals surface area contributed by atoms with Crippen LogP contribution in [0.2, 0.25) is 0 Å². The van der Waals surface area contributed by atoms with E-state index in [1.807, 2.05) is 26.8 Å². The molecule has 0 amide bonds. The van der Waals surface area contributed by atoms with E-state index < -0.39 is 11.5 Å². The van der Waals surface area contributed by atoms with E-state index in [2.05, 4.69) is 0 Å². The minimum absolute atomic E-state index is 0.119. The average Bonchev–Trinajstić information content (AvgIpc) is 2.13. The third-order valence-electron chi connectivity index (χ3n) is 3.11. The van der Waals surface area contributed by atoms with E-state index in [9.17, 15) is 9.90 Å². The summed E-state index contributed by atoms with van der Waals surface area (Å²) in [4.78, 5) is 11.8. The number of hydrogen-bond donors (Lipinski definition) is 1. The fourth-order valence-electron chi connectivity index (χ4n) is 2.01. The van der Waals surface area contributed by atoms with Crippen molar-refractivity contribution in [3.63, 3.8) is 0 Å². The normalized spacial score (nSPS) is 31.4. The highest BCUT2D eigenvalue weighted by atomic mass is 16.3. The molecule has 0 aromatic heterocycles. The summed E-state index contributed by atoms with van der Waals surface area (Å²) in [6, 6.07) is 0. The van der Waals surface area contributed by atoms with Gasteiger partial charge in [-0.05, 0) is 38.7 Å². The lowest BCUT2D eigenvalue weighted by molar-refractivity contribution is -0.131. The second kappa shape index (κ2) is 3.62. The van der Waals surface area contributed by atoms with E-state index in [1.54, 1.807) is 0 Å². The van der Waals surface area contributed by atoms with Gasteiger partial charge in [0.25, 0.3) is 0 Å². The molecule has 1 aliphatic rings. The SMILES string of the molecule is CC[C@H](O)[C@@]1(C)CCC=C(C)C1=O. The first-order valence-electron chi connectivity index (χ1n) is 4.92. The number of carbonyl (C=O) groups excluding carboxylic acids is 1. The molecule has 0 aliphatic heterocycles. The number of carbonyl (C=O) groups is 1. The smallest absolute Gasteiger partial charge is 0.166 e. The maximum absolute atomic E-state index is 11.8. The van der Waals surface area contributed by atoms with Crippen molar-refractivity contribution in [2.45, 2.75) is 46.1 Å².